The molecule has 1 aromatic heterocycles. The van der Waals surface area contributed by atoms with E-state index in [2.05, 4.69) is 15.5 Å². The van der Waals surface area contributed by atoms with Crippen molar-refractivity contribution in [2.24, 2.45) is 0 Å². The SMILES string of the molecule is CNC(=O)CSc1nnc(-c2ccccc2Cl)n1-c1cccc(C(F)(F)F)c1. The number of hydrogen-bond acceptors (Lipinski definition) is 4. The van der Waals surface area contributed by atoms with Crippen molar-refractivity contribution in [2.75, 3.05) is 12.8 Å². The minimum Gasteiger partial charge on any atom is -0.358 e. The van der Waals surface area contributed by atoms with Gasteiger partial charge in [0.25, 0.3) is 0 Å². The lowest BCUT2D eigenvalue weighted by atomic mass is 10.1. The molecule has 0 bridgehead atoms. The smallest absolute Gasteiger partial charge is 0.358 e. The maximum Gasteiger partial charge on any atom is 0.416 e. The molecule has 0 fully saturated rings. The summed E-state index contributed by atoms with van der Waals surface area (Å²) >= 11 is 7.31. The zero-order valence-corrected chi connectivity index (χ0v) is 16.1. The maximum absolute atomic E-state index is 13.2. The van der Waals surface area contributed by atoms with Crippen LogP contribution in [0.2, 0.25) is 5.02 Å². The summed E-state index contributed by atoms with van der Waals surface area (Å²) in [6.45, 7) is 0. The lowest BCUT2D eigenvalue weighted by Crippen LogP contribution is -2.20. The molecule has 0 atom stereocenters. The number of halogens is 4. The van der Waals surface area contributed by atoms with Gasteiger partial charge >= 0.3 is 6.18 Å². The number of hydrogen-bond donors (Lipinski definition) is 1. The monoisotopic (exact) mass is 426 g/mol. The van der Waals surface area contributed by atoms with Crippen LogP contribution in [0.3, 0.4) is 0 Å². The number of rotatable bonds is 5. The van der Waals surface area contributed by atoms with Crippen LogP contribution in [-0.4, -0.2) is 33.5 Å². The van der Waals surface area contributed by atoms with Crippen molar-refractivity contribution in [1.82, 2.24) is 20.1 Å². The summed E-state index contributed by atoms with van der Waals surface area (Å²) < 4.78 is 41.0. The lowest BCUT2D eigenvalue weighted by molar-refractivity contribution is -0.137. The normalized spacial score (nSPS) is 11.5. The molecule has 3 aromatic rings. The van der Waals surface area contributed by atoms with Crippen LogP contribution in [0.4, 0.5) is 13.2 Å². The minimum atomic E-state index is -4.50. The molecular weight excluding hydrogens is 413 g/mol. The minimum absolute atomic E-state index is 0.0378. The van der Waals surface area contributed by atoms with Gasteiger partial charge in [-0.05, 0) is 30.3 Å². The highest BCUT2D eigenvalue weighted by Gasteiger charge is 2.31. The number of benzene rings is 2. The van der Waals surface area contributed by atoms with E-state index < -0.39 is 11.7 Å². The summed E-state index contributed by atoms with van der Waals surface area (Å²) in [6.07, 6.45) is -4.50. The molecule has 1 N–H and O–H groups in total. The highest BCUT2D eigenvalue weighted by Crippen LogP contribution is 2.34. The molecule has 0 saturated heterocycles. The van der Waals surface area contributed by atoms with Crippen LogP contribution in [0.5, 0.6) is 0 Å². The van der Waals surface area contributed by atoms with E-state index in [0.29, 0.717) is 10.6 Å². The van der Waals surface area contributed by atoms with Gasteiger partial charge in [0.05, 0.1) is 22.0 Å². The highest BCUT2D eigenvalue weighted by molar-refractivity contribution is 7.99. The lowest BCUT2D eigenvalue weighted by Gasteiger charge is -2.13. The quantitative estimate of drug-likeness (QED) is 0.612. The number of nitrogens with zero attached hydrogens (tertiary/aromatic N) is 3. The Morgan fingerprint density at radius 3 is 2.61 bits per heavy atom. The Morgan fingerprint density at radius 2 is 1.93 bits per heavy atom. The molecule has 3 rings (SSSR count). The van der Waals surface area contributed by atoms with Gasteiger partial charge in [-0.25, -0.2) is 0 Å². The van der Waals surface area contributed by atoms with E-state index in [1.54, 1.807) is 24.3 Å². The third-order valence-electron chi connectivity index (χ3n) is 3.79. The third-order valence-corrected chi connectivity index (χ3v) is 5.05. The molecule has 0 aliphatic carbocycles. The fourth-order valence-electron chi connectivity index (χ4n) is 2.44. The van der Waals surface area contributed by atoms with Crippen molar-refractivity contribution in [1.29, 1.82) is 0 Å². The van der Waals surface area contributed by atoms with Crippen LogP contribution in [0, 0.1) is 0 Å². The molecule has 1 amide bonds. The number of nitrogens with one attached hydrogen (secondary N) is 1. The summed E-state index contributed by atoms with van der Waals surface area (Å²) in [5.41, 5.74) is -0.0684. The molecule has 0 spiro atoms. The van der Waals surface area contributed by atoms with E-state index in [-0.39, 0.29) is 28.3 Å². The summed E-state index contributed by atoms with van der Waals surface area (Å²) in [4.78, 5) is 11.6. The van der Waals surface area contributed by atoms with Crippen LogP contribution in [-0.2, 0) is 11.0 Å². The average Bonchev–Trinajstić information content (AvgIpc) is 3.09. The Labute approximate surface area is 167 Å². The Bertz CT molecular complexity index is 1010. The van der Waals surface area contributed by atoms with Gasteiger partial charge < -0.3 is 5.32 Å². The van der Waals surface area contributed by atoms with E-state index >= 15 is 0 Å². The third kappa shape index (κ3) is 4.31. The first-order valence-corrected chi connectivity index (χ1v) is 9.39. The standard InChI is InChI=1S/C18H14ClF3N4OS/c1-23-15(27)10-28-17-25-24-16(13-7-2-3-8-14(13)19)26(17)12-6-4-5-11(9-12)18(20,21)22/h2-9H,10H2,1H3,(H,23,27). The largest absolute Gasteiger partial charge is 0.416 e. The number of thioether (sulfide) groups is 1. The first-order valence-electron chi connectivity index (χ1n) is 8.02. The second kappa shape index (κ2) is 8.24. The van der Waals surface area contributed by atoms with Gasteiger partial charge in [-0.1, -0.05) is 41.6 Å². The molecule has 0 aliphatic rings. The van der Waals surface area contributed by atoms with Crippen LogP contribution in [0.25, 0.3) is 17.1 Å². The molecule has 28 heavy (non-hydrogen) atoms. The first kappa shape index (κ1) is 20.2. The molecule has 5 nitrogen and oxygen atoms in total. The van der Waals surface area contributed by atoms with Crippen LogP contribution in [0.1, 0.15) is 5.56 Å². The Morgan fingerprint density at radius 1 is 1.18 bits per heavy atom. The zero-order chi connectivity index (χ0) is 20.3. The highest BCUT2D eigenvalue weighted by atomic mass is 35.5. The molecule has 0 saturated carbocycles. The second-order valence-electron chi connectivity index (χ2n) is 5.63. The fourth-order valence-corrected chi connectivity index (χ4v) is 3.48. The van der Waals surface area contributed by atoms with E-state index in [1.807, 2.05) is 0 Å². The van der Waals surface area contributed by atoms with E-state index in [0.717, 1.165) is 23.9 Å². The van der Waals surface area contributed by atoms with Crippen LogP contribution >= 0.6 is 23.4 Å². The Balaban J connectivity index is 2.15. The van der Waals surface area contributed by atoms with Gasteiger partial charge in [0.15, 0.2) is 11.0 Å². The predicted molar refractivity (Wildman–Crippen MR) is 102 cm³/mol. The topological polar surface area (TPSA) is 59.8 Å². The molecule has 1 heterocycles. The zero-order valence-electron chi connectivity index (χ0n) is 14.5. The van der Waals surface area contributed by atoms with Gasteiger partial charge in [0.1, 0.15) is 0 Å². The summed E-state index contributed by atoms with van der Waals surface area (Å²) in [7, 11) is 1.50. The van der Waals surface area contributed by atoms with Crippen molar-refractivity contribution in [3.05, 3.63) is 59.1 Å². The number of aromatic nitrogens is 3. The maximum atomic E-state index is 13.2. The molecule has 0 unspecified atom stereocenters. The molecule has 0 radical (unpaired) electrons. The Kier molecular flexibility index (Phi) is 5.95. The summed E-state index contributed by atoms with van der Waals surface area (Å²) in [5, 5.41) is 11.3. The average molecular weight is 427 g/mol. The van der Waals surface area contributed by atoms with Crippen LogP contribution < -0.4 is 5.32 Å². The van der Waals surface area contributed by atoms with Gasteiger partial charge in [-0.15, -0.1) is 10.2 Å². The van der Waals surface area contributed by atoms with Gasteiger partial charge in [0, 0.05) is 12.6 Å². The van der Waals surface area contributed by atoms with Crippen molar-refractivity contribution in [3.63, 3.8) is 0 Å². The number of carbonyl (C=O) groups is 1. The number of alkyl halides is 3. The predicted octanol–water partition coefficient (Wildman–Crippen LogP) is 4.44. The molecule has 0 aliphatic heterocycles. The van der Waals surface area contributed by atoms with Crippen molar-refractivity contribution < 1.29 is 18.0 Å². The second-order valence-corrected chi connectivity index (χ2v) is 6.98. The van der Waals surface area contributed by atoms with E-state index in [9.17, 15) is 18.0 Å². The van der Waals surface area contributed by atoms with Gasteiger partial charge in [-0.3, -0.25) is 9.36 Å². The van der Waals surface area contributed by atoms with Crippen molar-refractivity contribution in [2.45, 2.75) is 11.3 Å². The molecule has 10 heteroatoms. The molecule has 2 aromatic carbocycles. The van der Waals surface area contributed by atoms with Gasteiger partial charge in [0.2, 0.25) is 5.91 Å². The fraction of sp³-hybridized carbons (Fsp3) is 0.167. The van der Waals surface area contributed by atoms with E-state index in [1.165, 1.54) is 23.7 Å². The van der Waals surface area contributed by atoms with Crippen LogP contribution in [0.15, 0.2) is 53.7 Å². The summed E-state index contributed by atoms with van der Waals surface area (Å²) in [6, 6.07) is 11.6. The van der Waals surface area contributed by atoms with Crippen molar-refractivity contribution >= 4 is 29.3 Å². The van der Waals surface area contributed by atoms with Crippen molar-refractivity contribution in [3.8, 4) is 17.1 Å². The number of amides is 1. The first-order chi connectivity index (χ1) is 13.3. The van der Waals surface area contributed by atoms with E-state index in [4.69, 9.17) is 11.6 Å². The Hall–Kier alpha value is -2.52. The molecular formula is C18H14ClF3N4OS. The number of carbonyl (C=O) groups excluding carboxylic acids is 1. The molecule has 146 valence electrons. The van der Waals surface area contributed by atoms with Gasteiger partial charge in [-0.2, -0.15) is 13.2 Å². The summed E-state index contributed by atoms with van der Waals surface area (Å²) in [5.74, 6) is 0.0723.